The predicted octanol–water partition coefficient (Wildman–Crippen LogP) is 3.43. The van der Waals surface area contributed by atoms with Gasteiger partial charge in [0.1, 0.15) is 5.82 Å². The van der Waals surface area contributed by atoms with Crippen LogP contribution in [-0.4, -0.2) is 11.0 Å². The van der Waals surface area contributed by atoms with Gasteiger partial charge in [-0.3, -0.25) is 0 Å². The molecule has 1 aliphatic carbocycles. The summed E-state index contributed by atoms with van der Waals surface area (Å²) in [6, 6.07) is 4.52. The van der Waals surface area contributed by atoms with E-state index >= 15 is 0 Å². The third-order valence-corrected chi connectivity index (χ3v) is 3.74. The predicted molar refractivity (Wildman–Crippen MR) is 72.9 cm³/mol. The Morgan fingerprint density at radius 3 is 2.76 bits per heavy atom. The highest BCUT2D eigenvalue weighted by molar-refractivity contribution is 5.61. The van der Waals surface area contributed by atoms with Gasteiger partial charge in [-0.1, -0.05) is 19.8 Å². The van der Waals surface area contributed by atoms with E-state index in [-0.39, 0.29) is 0 Å². The smallest absolute Gasteiger partial charge is 0.146 e. The van der Waals surface area contributed by atoms with Crippen molar-refractivity contribution in [3.63, 3.8) is 0 Å². The Morgan fingerprint density at radius 2 is 2.12 bits per heavy atom. The molecule has 0 saturated heterocycles. The van der Waals surface area contributed by atoms with Gasteiger partial charge < -0.3 is 11.1 Å². The fourth-order valence-corrected chi connectivity index (χ4v) is 2.76. The minimum Gasteiger partial charge on any atom is -0.382 e. The van der Waals surface area contributed by atoms with E-state index in [1.165, 1.54) is 38.5 Å². The van der Waals surface area contributed by atoms with Crippen molar-refractivity contribution < 1.29 is 0 Å². The van der Waals surface area contributed by atoms with E-state index in [1.54, 1.807) is 6.20 Å². The topological polar surface area (TPSA) is 50.9 Å². The van der Waals surface area contributed by atoms with E-state index in [4.69, 9.17) is 5.73 Å². The minimum absolute atomic E-state index is 0.578. The Balaban J connectivity index is 1.84. The summed E-state index contributed by atoms with van der Waals surface area (Å²) < 4.78 is 0. The van der Waals surface area contributed by atoms with Crippen LogP contribution in [0.1, 0.15) is 45.4 Å². The third kappa shape index (κ3) is 3.35. The summed E-state index contributed by atoms with van der Waals surface area (Å²) in [6.45, 7) is 2.28. The van der Waals surface area contributed by atoms with Gasteiger partial charge >= 0.3 is 0 Å². The Labute approximate surface area is 104 Å². The molecule has 0 unspecified atom stereocenters. The first-order valence-corrected chi connectivity index (χ1v) is 6.76. The molecule has 1 aromatic rings. The van der Waals surface area contributed by atoms with E-state index in [0.717, 1.165) is 11.6 Å². The van der Waals surface area contributed by atoms with Crippen molar-refractivity contribution in [2.75, 3.05) is 11.1 Å². The SMILES string of the molecule is CCCC1CCC(Nc2cccnc2N)CC1. The lowest BCUT2D eigenvalue weighted by Crippen LogP contribution is -2.26. The molecule has 94 valence electrons. The Hall–Kier alpha value is -1.25. The Morgan fingerprint density at radius 1 is 1.35 bits per heavy atom. The van der Waals surface area contributed by atoms with Gasteiger partial charge in [0.05, 0.1) is 5.69 Å². The average molecular weight is 233 g/mol. The van der Waals surface area contributed by atoms with E-state index in [9.17, 15) is 0 Å². The van der Waals surface area contributed by atoms with Crippen molar-refractivity contribution >= 4 is 11.5 Å². The van der Waals surface area contributed by atoms with E-state index in [1.807, 2.05) is 12.1 Å². The lowest BCUT2D eigenvalue weighted by atomic mass is 9.83. The maximum atomic E-state index is 5.84. The molecule has 0 spiro atoms. The molecule has 1 saturated carbocycles. The summed E-state index contributed by atoms with van der Waals surface area (Å²) in [5.74, 6) is 1.56. The summed E-state index contributed by atoms with van der Waals surface area (Å²) in [5.41, 5.74) is 6.83. The van der Waals surface area contributed by atoms with Gasteiger partial charge in [0, 0.05) is 12.2 Å². The molecule has 0 radical (unpaired) electrons. The van der Waals surface area contributed by atoms with Crippen LogP contribution in [0.5, 0.6) is 0 Å². The molecule has 3 heteroatoms. The average Bonchev–Trinajstić information content (AvgIpc) is 2.35. The molecule has 1 heterocycles. The number of anilines is 2. The Bertz CT molecular complexity index is 343. The van der Waals surface area contributed by atoms with Crippen LogP contribution >= 0.6 is 0 Å². The third-order valence-electron chi connectivity index (χ3n) is 3.74. The van der Waals surface area contributed by atoms with Gasteiger partial charge in [0.15, 0.2) is 0 Å². The molecule has 0 amide bonds. The van der Waals surface area contributed by atoms with Crippen molar-refractivity contribution in [2.45, 2.75) is 51.5 Å². The van der Waals surface area contributed by atoms with Crippen LogP contribution in [0.2, 0.25) is 0 Å². The first kappa shape index (κ1) is 12.2. The molecule has 17 heavy (non-hydrogen) atoms. The van der Waals surface area contributed by atoms with Gasteiger partial charge in [0.2, 0.25) is 0 Å². The first-order valence-electron chi connectivity index (χ1n) is 6.76. The number of nitrogens with two attached hydrogens (primary N) is 1. The normalized spacial score (nSPS) is 24.5. The number of nitrogens with one attached hydrogen (secondary N) is 1. The summed E-state index contributed by atoms with van der Waals surface area (Å²) in [5, 5.41) is 3.52. The quantitative estimate of drug-likeness (QED) is 0.837. The number of pyridine rings is 1. The molecule has 0 bridgehead atoms. The van der Waals surface area contributed by atoms with Crippen molar-refractivity contribution in [3.8, 4) is 0 Å². The second-order valence-electron chi connectivity index (χ2n) is 5.09. The molecular formula is C14H23N3. The lowest BCUT2D eigenvalue weighted by molar-refractivity contribution is 0.319. The summed E-state index contributed by atoms with van der Waals surface area (Å²) in [7, 11) is 0. The van der Waals surface area contributed by atoms with Crippen LogP contribution < -0.4 is 11.1 Å². The second-order valence-corrected chi connectivity index (χ2v) is 5.09. The fraction of sp³-hybridized carbons (Fsp3) is 0.643. The number of hydrogen-bond donors (Lipinski definition) is 2. The van der Waals surface area contributed by atoms with E-state index in [2.05, 4.69) is 17.2 Å². The summed E-state index contributed by atoms with van der Waals surface area (Å²) in [4.78, 5) is 4.10. The number of aromatic nitrogens is 1. The molecule has 1 aliphatic rings. The van der Waals surface area contributed by atoms with Gasteiger partial charge in [-0.15, -0.1) is 0 Å². The highest BCUT2D eigenvalue weighted by Crippen LogP contribution is 2.30. The monoisotopic (exact) mass is 233 g/mol. The van der Waals surface area contributed by atoms with Crippen LogP contribution in [0, 0.1) is 5.92 Å². The molecule has 2 rings (SSSR count). The lowest BCUT2D eigenvalue weighted by Gasteiger charge is -2.29. The molecular weight excluding hydrogens is 210 g/mol. The molecule has 0 aromatic carbocycles. The number of rotatable bonds is 4. The zero-order chi connectivity index (χ0) is 12.1. The highest BCUT2D eigenvalue weighted by atomic mass is 15.0. The molecule has 0 aliphatic heterocycles. The molecule has 1 fully saturated rings. The van der Waals surface area contributed by atoms with Crippen LogP contribution in [0.15, 0.2) is 18.3 Å². The molecule has 3 N–H and O–H groups in total. The zero-order valence-electron chi connectivity index (χ0n) is 10.7. The molecule has 0 atom stereocenters. The minimum atomic E-state index is 0.578. The van der Waals surface area contributed by atoms with Gasteiger partial charge in [-0.05, 0) is 43.7 Å². The second kappa shape index (κ2) is 5.89. The largest absolute Gasteiger partial charge is 0.382 e. The van der Waals surface area contributed by atoms with E-state index in [0.29, 0.717) is 11.9 Å². The van der Waals surface area contributed by atoms with Crippen molar-refractivity contribution in [1.82, 2.24) is 4.98 Å². The first-order chi connectivity index (χ1) is 8.29. The number of nitrogen functional groups attached to an aromatic ring is 1. The molecule has 1 aromatic heterocycles. The van der Waals surface area contributed by atoms with Crippen LogP contribution in [0.25, 0.3) is 0 Å². The highest BCUT2D eigenvalue weighted by Gasteiger charge is 2.20. The van der Waals surface area contributed by atoms with E-state index < -0.39 is 0 Å². The van der Waals surface area contributed by atoms with Crippen LogP contribution in [0.4, 0.5) is 11.5 Å². The molecule has 3 nitrogen and oxygen atoms in total. The fourth-order valence-electron chi connectivity index (χ4n) is 2.76. The standard InChI is InChI=1S/C14H23N3/c1-2-4-11-6-8-12(9-7-11)17-13-5-3-10-16-14(13)15/h3,5,10-12,17H,2,4,6-9H2,1H3,(H2,15,16). The summed E-state index contributed by atoms with van der Waals surface area (Å²) >= 11 is 0. The number of hydrogen-bond acceptors (Lipinski definition) is 3. The maximum absolute atomic E-state index is 5.84. The van der Waals surface area contributed by atoms with Crippen LogP contribution in [-0.2, 0) is 0 Å². The van der Waals surface area contributed by atoms with Crippen molar-refractivity contribution in [1.29, 1.82) is 0 Å². The van der Waals surface area contributed by atoms with Gasteiger partial charge in [-0.25, -0.2) is 4.98 Å². The zero-order valence-corrected chi connectivity index (χ0v) is 10.7. The number of nitrogens with zero attached hydrogens (tertiary/aromatic N) is 1. The van der Waals surface area contributed by atoms with Gasteiger partial charge in [0.25, 0.3) is 0 Å². The summed E-state index contributed by atoms with van der Waals surface area (Å²) in [6.07, 6.45) is 9.67. The maximum Gasteiger partial charge on any atom is 0.146 e. The Kier molecular flexibility index (Phi) is 4.24. The van der Waals surface area contributed by atoms with Crippen molar-refractivity contribution in [3.05, 3.63) is 18.3 Å². The van der Waals surface area contributed by atoms with Gasteiger partial charge in [-0.2, -0.15) is 0 Å². The van der Waals surface area contributed by atoms with Crippen LogP contribution in [0.3, 0.4) is 0 Å². The van der Waals surface area contributed by atoms with Crippen molar-refractivity contribution in [2.24, 2.45) is 5.92 Å².